The van der Waals surface area contributed by atoms with E-state index in [9.17, 15) is 0 Å². The fourth-order valence-corrected chi connectivity index (χ4v) is 2.10. The molecule has 0 amide bonds. The molecule has 0 atom stereocenters. The normalized spacial score (nSPS) is 10.6. The molecule has 1 aromatic carbocycles. The molecule has 0 bridgehead atoms. The highest BCUT2D eigenvalue weighted by atomic mass is 35.5. The average Bonchev–Trinajstić information content (AvgIpc) is 2.40. The summed E-state index contributed by atoms with van der Waals surface area (Å²) in [6.07, 6.45) is 1.74. The molecule has 0 radical (unpaired) electrons. The third kappa shape index (κ3) is 3.32. The van der Waals surface area contributed by atoms with Gasteiger partial charge in [0.25, 0.3) is 0 Å². The largest absolute Gasteiger partial charge is 0.383 e. The predicted octanol–water partition coefficient (Wildman–Crippen LogP) is 4.37. The zero-order chi connectivity index (χ0) is 14.7. The van der Waals surface area contributed by atoms with Crippen LogP contribution in [0.1, 0.15) is 24.7 Å². The summed E-state index contributed by atoms with van der Waals surface area (Å²) >= 11 is 12.1. The van der Waals surface area contributed by atoms with Gasteiger partial charge in [0, 0.05) is 17.0 Å². The molecule has 0 aliphatic carbocycles. The minimum absolute atomic E-state index is 0.476. The lowest BCUT2D eigenvalue weighted by Crippen LogP contribution is -2.07. The SMILES string of the molecule is CCCc1nc(N)c(C)c(Nc2cc(Cl)ccc2Cl)n1. The molecule has 4 nitrogen and oxygen atoms in total. The highest BCUT2D eigenvalue weighted by Gasteiger charge is 2.10. The Labute approximate surface area is 128 Å². The maximum atomic E-state index is 6.14. The average molecular weight is 311 g/mol. The van der Waals surface area contributed by atoms with E-state index in [-0.39, 0.29) is 0 Å². The molecule has 0 saturated carbocycles. The van der Waals surface area contributed by atoms with Gasteiger partial charge in [0.2, 0.25) is 0 Å². The molecule has 1 aromatic heterocycles. The summed E-state index contributed by atoms with van der Waals surface area (Å²) in [7, 11) is 0. The number of anilines is 3. The lowest BCUT2D eigenvalue weighted by molar-refractivity contribution is 0.836. The first-order chi connectivity index (χ1) is 9.51. The standard InChI is InChI=1S/C14H16Cl2N4/c1-3-4-12-19-13(17)8(2)14(20-12)18-11-7-9(15)5-6-10(11)16/h5-7H,3-4H2,1-2H3,(H3,17,18,19,20). The van der Waals surface area contributed by atoms with Crippen molar-refractivity contribution in [2.75, 3.05) is 11.1 Å². The van der Waals surface area contributed by atoms with Crippen molar-refractivity contribution in [1.29, 1.82) is 0 Å². The van der Waals surface area contributed by atoms with E-state index >= 15 is 0 Å². The number of aryl methyl sites for hydroxylation is 1. The van der Waals surface area contributed by atoms with E-state index in [1.807, 2.05) is 6.92 Å². The van der Waals surface area contributed by atoms with Crippen LogP contribution in [0.4, 0.5) is 17.3 Å². The van der Waals surface area contributed by atoms with Crippen molar-refractivity contribution in [2.45, 2.75) is 26.7 Å². The van der Waals surface area contributed by atoms with E-state index in [1.165, 1.54) is 0 Å². The van der Waals surface area contributed by atoms with Crippen LogP contribution >= 0.6 is 23.2 Å². The Morgan fingerprint density at radius 2 is 2.00 bits per heavy atom. The maximum absolute atomic E-state index is 6.14. The molecule has 0 aliphatic heterocycles. The van der Waals surface area contributed by atoms with Crippen LogP contribution in [0.25, 0.3) is 0 Å². The lowest BCUT2D eigenvalue weighted by atomic mass is 10.2. The van der Waals surface area contributed by atoms with Gasteiger partial charge < -0.3 is 11.1 Å². The van der Waals surface area contributed by atoms with E-state index in [0.717, 1.165) is 24.2 Å². The van der Waals surface area contributed by atoms with Gasteiger partial charge in [-0.25, -0.2) is 9.97 Å². The molecular formula is C14H16Cl2N4. The molecule has 6 heteroatoms. The minimum atomic E-state index is 0.476. The van der Waals surface area contributed by atoms with Crippen LogP contribution in [0, 0.1) is 6.92 Å². The molecular weight excluding hydrogens is 295 g/mol. The first kappa shape index (κ1) is 14.9. The molecule has 0 unspecified atom stereocenters. The zero-order valence-corrected chi connectivity index (χ0v) is 12.9. The molecule has 2 rings (SSSR count). The summed E-state index contributed by atoms with van der Waals surface area (Å²) in [6, 6.07) is 5.22. The highest BCUT2D eigenvalue weighted by molar-refractivity contribution is 6.35. The molecule has 0 fully saturated rings. The van der Waals surface area contributed by atoms with E-state index in [0.29, 0.717) is 27.4 Å². The number of hydrogen-bond donors (Lipinski definition) is 2. The van der Waals surface area contributed by atoms with Crippen LogP contribution in [-0.2, 0) is 6.42 Å². The first-order valence-corrected chi connectivity index (χ1v) is 7.12. The second-order valence-electron chi connectivity index (χ2n) is 4.50. The van der Waals surface area contributed by atoms with E-state index < -0.39 is 0 Å². The van der Waals surface area contributed by atoms with Gasteiger partial charge in [0.15, 0.2) is 0 Å². The lowest BCUT2D eigenvalue weighted by Gasteiger charge is -2.13. The molecule has 1 heterocycles. The number of benzene rings is 1. The smallest absolute Gasteiger partial charge is 0.139 e. The fourth-order valence-electron chi connectivity index (χ4n) is 1.76. The van der Waals surface area contributed by atoms with Crippen molar-refractivity contribution in [1.82, 2.24) is 9.97 Å². The summed E-state index contributed by atoms with van der Waals surface area (Å²) in [4.78, 5) is 8.76. The fraction of sp³-hybridized carbons (Fsp3) is 0.286. The van der Waals surface area contributed by atoms with Gasteiger partial charge in [-0.1, -0.05) is 30.1 Å². The van der Waals surface area contributed by atoms with E-state index in [4.69, 9.17) is 28.9 Å². The number of rotatable bonds is 4. The molecule has 106 valence electrons. The van der Waals surface area contributed by atoms with Crippen LogP contribution in [0.5, 0.6) is 0 Å². The number of nitrogens with one attached hydrogen (secondary N) is 1. The number of aromatic nitrogens is 2. The Hall–Kier alpha value is -1.52. The second kappa shape index (κ2) is 6.29. The van der Waals surface area contributed by atoms with Crippen molar-refractivity contribution in [3.8, 4) is 0 Å². The molecule has 0 aliphatic rings. The second-order valence-corrected chi connectivity index (χ2v) is 5.34. The first-order valence-electron chi connectivity index (χ1n) is 6.36. The number of hydrogen-bond acceptors (Lipinski definition) is 4. The number of nitrogens with zero attached hydrogens (tertiary/aromatic N) is 2. The van der Waals surface area contributed by atoms with Crippen LogP contribution < -0.4 is 11.1 Å². The summed E-state index contributed by atoms with van der Waals surface area (Å²) in [5.74, 6) is 1.85. The Morgan fingerprint density at radius 1 is 1.25 bits per heavy atom. The third-order valence-corrected chi connectivity index (χ3v) is 3.45. The van der Waals surface area contributed by atoms with Gasteiger partial charge in [-0.05, 0) is 31.5 Å². The number of halogens is 2. The summed E-state index contributed by atoms with van der Waals surface area (Å²) in [5.41, 5.74) is 7.41. The molecule has 20 heavy (non-hydrogen) atoms. The van der Waals surface area contributed by atoms with E-state index in [2.05, 4.69) is 22.2 Å². The van der Waals surface area contributed by atoms with Crippen molar-refractivity contribution < 1.29 is 0 Å². The number of nitrogen functional groups attached to an aromatic ring is 1. The quantitative estimate of drug-likeness (QED) is 0.880. The Morgan fingerprint density at radius 3 is 2.70 bits per heavy atom. The number of nitrogens with two attached hydrogens (primary N) is 1. The van der Waals surface area contributed by atoms with Crippen LogP contribution in [0.3, 0.4) is 0 Å². The van der Waals surface area contributed by atoms with Gasteiger partial charge in [0.05, 0.1) is 10.7 Å². The summed E-state index contributed by atoms with van der Waals surface area (Å²) in [6.45, 7) is 3.94. The maximum Gasteiger partial charge on any atom is 0.139 e. The van der Waals surface area contributed by atoms with E-state index in [1.54, 1.807) is 18.2 Å². The minimum Gasteiger partial charge on any atom is -0.383 e. The summed E-state index contributed by atoms with van der Waals surface area (Å²) < 4.78 is 0. The Bertz CT molecular complexity index is 629. The van der Waals surface area contributed by atoms with Crippen molar-refractivity contribution in [3.63, 3.8) is 0 Å². The molecule has 3 N–H and O–H groups in total. The van der Waals surface area contributed by atoms with Crippen LogP contribution in [-0.4, -0.2) is 9.97 Å². The Balaban J connectivity index is 2.39. The summed E-state index contributed by atoms with van der Waals surface area (Å²) in [5, 5.41) is 4.35. The molecule has 2 aromatic rings. The van der Waals surface area contributed by atoms with Crippen molar-refractivity contribution in [2.24, 2.45) is 0 Å². The van der Waals surface area contributed by atoms with Crippen molar-refractivity contribution >= 4 is 40.5 Å². The van der Waals surface area contributed by atoms with Gasteiger partial charge in [-0.15, -0.1) is 0 Å². The van der Waals surface area contributed by atoms with Gasteiger partial charge in [0.1, 0.15) is 17.5 Å². The predicted molar refractivity (Wildman–Crippen MR) is 84.9 cm³/mol. The molecule has 0 saturated heterocycles. The van der Waals surface area contributed by atoms with Gasteiger partial charge >= 0.3 is 0 Å². The van der Waals surface area contributed by atoms with Crippen LogP contribution in [0.2, 0.25) is 10.0 Å². The molecule has 0 spiro atoms. The Kier molecular flexibility index (Phi) is 4.68. The van der Waals surface area contributed by atoms with Crippen molar-refractivity contribution in [3.05, 3.63) is 39.6 Å². The van der Waals surface area contributed by atoms with Crippen LogP contribution in [0.15, 0.2) is 18.2 Å². The van der Waals surface area contributed by atoms with Gasteiger partial charge in [-0.2, -0.15) is 0 Å². The topological polar surface area (TPSA) is 63.8 Å². The highest BCUT2D eigenvalue weighted by Crippen LogP contribution is 2.29. The van der Waals surface area contributed by atoms with Gasteiger partial charge in [-0.3, -0.25) is 0 Å². The zero-order valence-electron chi connectivity index (χ0n) is 11.4. The monoisotopic (exact) mass is 310 g/mol. The third-order valence-electron chi connectivity index (χ3n) is 2.88.